The van der Waals surface area contributed by atoms with E-state index < -0.39 is 5.91 Å². The molecule has 2 amide bonds. The van der Waals surface area contributed by atoms with Crippen LogP contribution in [-0.4, -0.2) is 37.4 Å². The number of rotatable bonds is 5. The third kappa shape index (κ3) is 4.72. The van der Waals surface area contributed by atoms with E-state index in [1.165, 1.54) is 6.92 Å². The summed E-state index contributed by atoms with van der Waals surface area (Å²) in [6, 6.07) is 7.49. The molecule has 0 radical (unpaired) electrons. The molecular formula is C17H24N6O2. The monoisotopic (exact) mass is 344 g/mol. The molecule has 0 saturated heterocycles. The van der Waals surface area contributed by atoms with Gasteiger partial charge in [0.2, 0.25) is 17.8 Å². The van der Waals surface area contributed by atoms with E-state index in [9.17, 15) is 9.59 Å². The number of aliphatic imine (C=N–C) groups is 1. The summed E-state index contributed by atoms with van der Waals surface area (Å²) in [4.78, 5) is 28.9. The van der Waals surface area contributed by atoms with Crippen molar-refractivity contribution in [1.82, 2.24) is 10.6 Å². The van der Waals surface area contributed by atoms with Gasteiger partial charge in [-0.05, 0) is 38.1 Å². The number of benzene rings is 1. The highest BCUT2D eigenvalue weighted by Gasteiger charge is 2.19. The second-order valence-electron chi connectivity index (χ2n) is 6.05. The number of anilines is 2. The number of hydrogen-bond acceptors (Lipinski definition) is 6. The zero-order valence-corrected chi connectivity index (χ0v) is 14.9. The van der Waals surface area contributed by atoms with E-state index in [4.69, 9.17) is 5.73 Å². The molecule has 0 unspecified atom stereocenters. The van der Waals surface area contributed by atoms with Gasteiger partial charge in [0, 0.05) is 31.4 Å². The second-order valence-corrected chi connectivity index (χ2v) is 6.05. The van der Waals surface area contributed by atoms with Crippen LogP contribution in [0.25, 0.3) is 0 Å². The van der Waals surface area contributed by atoms with E-state index in [1.54, 1.807) is 11.9 Å². The fraction of sp³-hybridized carbons (Fsp3) is 0.353. The Morgan fingerprint density at radius 3 is 2.44 bits per heavy atom. The molecule has 0 bridgehead atoms. The first-order valence-corrected chi connectivity index (χ1v) is 8.01. The molecule has 0 atom stereocenters. The molecule has 1 aliphatic rings. The molecule has 0 fully saturated rings. The minimum absolute atomic E-state index is 0.0347. The molecule has 8 nitrogen and oxygen atoms in total. The number of hydrogen-bond donors (Lipinski definition) is 4. The van der Waals surface area contributed by atoms with Gasteiger partial charge in [-0.15, -0.1) is 0 Å². The highest BCUT2D eigenvalue weighted by molar-refractivity contribution is 6.00. The second kappa shape index (κ2) is 7.69. The van der Waals surface area contributed by atoms with Crippen LogP contribution in [0.2, 0.25) is 0 Å². The number of nitrogens with zero attached hydrogens (tertiary/aromatic N) is 2. The lowest BCUT2D eigenvalue weighted by molar-refractivity contribution is -0.116. The third-order valence-electron chi connectivity index (χ3n) is 3.65. The number of primary amides is 1. The van der Waals surface area contributed by atoms with Crippen molar-refractivity contribution in [1.29, 1.82) is 0 Å². The molecule has 5 N–H and O–H groups in total. The molecule has 0 aliphatic carbocycles. The van der Waals surface area contributed by atoms with Crippen LogP contribution in [0.1, 0.15) is 20.8 Å². The average Bonchev–Trinajstić information content (AvgIpc) is 2.54. The standard InChI is InChI=1S/C17H24N6O2/c1-10(2)20-16-14(15(18)25)9-19-17(22-16)21-12-5-7-13(8-6-12)23(4)11(3)24/h5-8,10,20H,9H2,1-4H3,(H2,18,25)(H2,19,21,22). The first-order chi connectivity index (χ1) is 11.8. The Morgan fingerprint density at radius 1 is 1.28 bits per heavy atom. The van der Waals surface area contributed by atoms with Crippen molar-refractivity contribution in [3.63, 3.8) is 0 Å². The Bertz CT molecular complexity index is 721. The van der Waals surface area contributed by atoms with Gasteiger partial charge < -0.3 is 26.6 Å². The number of guanidine groups is 1. The molecule has 134 valence electrons. The molecular weight excluding hydrogens is 320 g/mol. The van der Waals surface area contributed by atoms with Gasteiger partial charge in [0.15, 0.2) is 0 Å². The molecule has 1 aliphatic heterocycles. The van der Waals surface area contributed by atoms with Crippen LogP contribution in [0.3, 0.4) is 0 Å². The SMILES string of the molecule is CC(=O)N(C)c1ccc(NC2=NC(NC(C)C)=C(C(N)=O)CN2)cc1. The lowest BCUT2D eigenvalue weighted by Gasteiger charge is -2.22. The van der Waals surface area contributed by atoms with Gasteiger partial charge >= 0.3 is 0 Å². The Hall–Kier alpha value is -3.03. The van der Waals surface area contributed by atoms with Gasteiger partial charge in [-0.2, -0.15) is 4.99 Å². The van der Waals surface area contributed by atoms with Gasteiger partial charge in [0.1, 0.15) is 5.82 Å². The zero-order chi connectivity index (χ0) is 18.6. The summed E-state index contributed by atoms with van der Waals surface area (Å²) in [5, 5.41) is 9.31. The molecule has 8 heteroatoms. The summed E-state index contributed by atoms with van der Waals surface area (Å²) in [7, 11) is 1.72. The van der Waals surface area contributed by atoms with Gasteiger partial charge in [0.05, 0.1) is 12.1 Å². The van der Waals surface area contributed by atoms with Crippen molar-refractivity contribution in [3.05, 3.63) is 35.7 Å². The van der Waals surface area contributed by atoms with Gasteiger partial charge in [-0.1, -0.05) is 0 Å². The Morgan fingerprint density at radius 2 is 1.92 bits per heavy atom. The predicted octanol–water partition coefficient (Wildman–Crippen LogP) is 0.735. The van der Waals surface area contributed by atoms with Crippen LogP contribution >= 0.6 is 0 Å². The van der Waals surface area contributed by atoms with Crippen molar-refractivity contribution in [2.45, 2.75) is 26.8 Å². The van der Waals surface area contributed by atoms with E-state index in [2.05, 4.69) is 20.9 Å². The van der Waals surface area contributed by atoms with Crippen molar-refractivity contribution in [2.75, 3.05) is 23.8 Å². The summed E-state index contributed by atoms with van der Waals surface area (Å²) in [5.41, 5.74) is 7.42. The lowest BCUT2D eigenvalue weighted by atomic mass is 10.2. The molecule has 1 heterocycles. The van der Waals surface area contributed by atoms with E-state index >= 15 is 0 Å². The van der Waals surface area contributed by atoms with E-state index in [0.717, 1.165) is 11.4 Å². The average molecular weight is 344 g/mol. The molecule has 0 aromatic heterocycles. The third-order valence-corrected chi connectivity index (χ3v) is 3.65. The van der Waals surface area contributed by atoms with Crippen LogP contribution in [0.5, 0.6) is 0 Å². The maximum absolute atomic E-state index is 11.5. The van der Waals surface area contributed by atoms with Crippen molar-refractivity contribution >= 4 is 29.1 Å². The van der Waals surface area contributed by atoms with Crippen LogP contribution in [0.4, 0.5) is 11.4 Å². The molecule has 1 aromatic rings. The minimum Gasteiger partial charge on any atom is -0.367 e. The maximum atomic E-state index is 11.5. The van der Waals surface area contributed by atoms with E-state index in [-0.39, 0.29) is 11.9 Å². The number of carbonyl (C=O) groups excluding carboxylic acids is 2. The summed E-state index contributed by atoms with van der Waals surface area (Å²) < 4.78 is 0. The number of nitrogens with two attached hydrogens (primary N) is 1. The van der Waals surface area contributed by atoms with E-state index in [0.29, 0.717) is 23.9 Å². The van der Waals surface area contributed by atoms with Crippen LogP contribution in [0, 0.1) is 0 Å². The van der Waals surface area contributed by atoms with Crippen molar-refractivity contribution in [3.8, 4) is 0 Å². The predicted molar refractivity (Wildman–Crippen MR) is 99.1 cm³/mol. The summed E-state index contributed by atoms with van der Waals surface area (Å²) >= 11 is 0. The fourth-order valence-corrected chi connectivity index (χ4v) is 2.23. The normalized spacial score (nSPS) is 13.9. The first kappa shape index (κ1) is 18.3. The maximum Gasteiger partial charge on any atom is 0.250 e. The molecule has 1 aromatic carbocycles. The van der Waals surface area contributed by atoms with Gasteiger partial charge in [-0.25, -0.2) is 0 Å². The first-order valence-electron chi connectivity index (χ1n) is 8.01. The van der Waals surface area contributed by atoms with Crippen molar-refractivity contribution in [2.24, 2.45) is 10.7 Å². The van der Waals surface area contributed by atoms with Crippen LogP contribution in [0.15, 0.2) is 40.7 Å². The zero-order valence-electron chi connectivity index (χ0n) is 14.9. The number of nitrogens with one attached hydrogen (secondary N) is 3. The number of amides is 2. The number of carbonyl (C=O) groups is 2. The summed E-state index contributed by atoms with van der Waals surface area (Å²) in [6.07, 6.45) is 0. The highest BCUT2D eigenvalue weighted by Crippen LogP contribution is 2.17. The smallest absolute Gasteiger partial charge is 0.250 e. The lowest BCUT2D eigenvalue weighted by Crippen LogP contribution is -2.41. The molecule has 2 rings (SSSR count). The largest absolute Gasteiger partial charge is 0.367 e. The van der Waals surface area contributed by atoms with Gasteiger partial charge in [0.25, 0.3) is 0 Å². The quantitative estimate of drug-likeness (QED) is 0.629. The van der Waals surface area contributed by atoms with Gasteiger partial charge in [-0.3, -0.25) is 9.59 Å². The van der Waals surface area contributed by atoms with Crippen molar-refractivity contribution < 1.29 is 9.59 Å². The minimum atomic E-state index is -0.505. The highest BCUT2D eigenvalue weighted by atomic mass is 16.2. The summed E-state index contributed by atoms with van der Waals surface area (Å²) in [5.74, 6) is 0.445. The Kier molecular flexibility index (Phi) is 5.63. The van der Waals surface area contributed by atoms with E-state index in [1.807, 2.05) is 38.1 Å². The summed E-state index contributed by atoms with van der Waals surface area (Å²) in [6.45, 7) is 5.72. The Balaban J connectivity index is 2.17. The van der Waals surface area contributed by atoms with Crippen LogP contribution < -0.4 is 26.6 Å². The van der Waals surface area contributed by atoms with Crippen LogP contribution in [-0.2, 0) is 9.59 Å². The molecule has 25 heavy (non-hydrogen) atoms. The topological polar surface area (TPSA) is 112 Å². The molecule has 0 spiro atoms. The fourth-order valence-electron chi connectivity index (χ4n) is 2.23. The molecule has 0 saturated carbocycles. The Labute approximate surface area is 147 Å².